The Morgan fingerprint density at radius 1 is 0.830 bits per heavy atom. The molecule has 11 atom stereocenters. The maximum Gasteiger partial charge on any atom is 0.475 e. The number of nitrogens with one attached hydrogen (secondary N) is 4. The third-order valence-corrected chi connectivity index (χ3v) is 18.5. The molecule has 5 aliphatic rings. The number of nitrogens with two attached hydrogens (primary N) is 1. The maximum atomic E-state index is 14.1. The summed E-state index contributed by atoms with van der Waals surface area (Å²) in [5, 5.41) is 93.9. The Morgan fingerprint density at radius 3 is 2.20 bits per heavy atom. The molecule has 3 saturated heterocycles. The maximum absolute atomic E-state index is 14.1. The molecule has 3 aromatic rings. The Kier molecular flexibility index (Phi) is 25.1. The predicted octanol–water partition coefficient (Wildman–Crippen LogP) is -2.81. The number of aromatic nitrogens is 2. The molecular formula is C57H70N9O25PS2. The molecule has 510 valence electrons. The molecule has 5 heterocycles. The number of anilines is 1. The van der Waals surface area contributed by atoms with Crippen LogP contribution in [0.15, 0.2) is 86.9 Å². The number of aromatic hydroxyl groups is 1. The average molecular weight is 1380 g/mol. The van der Waals surface area contributed by atoms with Crippen molar-refractivity contribution in [1.29, 1.82) is 0 Å². The molecule has 37 heteroatoms. The summed E-state index contributed by atoms with van der Waals surface area (Å²) < 4.78 is 45.9. The van der Waals surface area contributed by atoms with Crippen molar-refractivity contribution in [3.63, 3.8) is 0 Å². The Labute approximate surface area is 541 Å². The molecular weight excluding hydrogens is 1310 g/mol. The fourth-order valence-corrected chi connectivity index (χ4v) is 13.2. The lowest BCUT2D eigenvalue weighted by Gasteiger charge is -2.46. The highest BCUT2D eigenvalue weighted by Crippen LogP contribution is 2.52. The molecule has 6 amide bonds. The van der Waals surface area contributed by atoms with Crippen LogP contribution >= 0.6 is 29.4 Å². The Bertz CT molecular complexity index is 3690. The van der Waals surface area contributed by atoms with E-state index in [9.17, 15) is 93.5 Å². The first-order chi connectivity index (χ1) is 44.8. The second-order valence-corrected chi connectivity index (χ2v) is 25.8. The number of ether oxygens (including phenoxy) is 3. The van der Waals surface area contributed by atoms with Crippen LogP contribution < -0.4 is 38.1 Å². The van der Waals surface area contributed by atoms with Gasteiger partial charge in [-0.25, -0.2) is 18.7 Å². The van der Waals surface area contributed by atoms with Crippen molar-refractivity contribution in [2.75, 3.05) is 89.5 Å². The van der Waals surface area contributed by atoms with Crippen LogP contribution in [-0.4, -0.2) is 245 Å². The van der Waals surface area contributed by atoms with Gasteiger partial charge >= 0.3 is 19.5 Å². The number of aliphatic hydroxyl groups excluding tert-OH is 6. The Morgan fingerprint density at radius 2 is 1.51 bits per heavy atom. The first-order valence-electron chi connectivity index (χ1n) is 29.2. The zero-order valence-electron chi connectivity index (χ0n) is 49.8. The molecule has 1 aliphatic carbocycles. The van der Waals surface area contributed by atoms with Gasteiger partial charge in [-0.15, -0.1) is 0 Å². The molecule has 4 aliphatic heterocycles. The zero-order valence-corrected chi connectivity index (χ0v) is 52.4. The number of carboxylic acid groups (broad SMARTS) is 1. The molecule has 34 nitrogen and oxygen atoms in total. The van der Waals surface area contributed by atoms with E-state index in [1.807, 2.05) is 0 Å². The van der Waals surface area contributed by atoms with Crippen LogP contribution in [-0.2, 0) is 56.6 Å². The number of fused-ring (bicyclic) bond motifs is 2. The first-order valence-corrected chi connectivity index (χ1v) is 33.1. The van der Waals surface area contributed by atoms with Crippen LogP contribution in [0.5, 0.6) is 5.75 Å². The number of aliphatic hydroxyl groups is 6. The number of hydrogen-bond acceptors (Lipinski definition) is 27. The van der Waals surface area contributed by atoms with Crippen molar-refractivity contribution >= 4 is 87.6 Å². The highest BCUT2D eigenvalue weighted by molar-refractivity contribution is 8.76. The lowest BCUT2D eigenvalue weighted by atomic mass is 9.88. The lowest BCUT2D eigenvalue weighted by Crippen LogP contribution is -2.68. The van der Waals surface area contributed by atoms with Crippen molar-refractivity contribution in [1.82, 2.24) is 40.6 Å². The number of phosphoric ester groups is 1. The van der Waals surface area contributed by atoms with E-state index in [-0.39, 0.29) is 106 Å². The van der Waals surface area contributed by atoms with Gasteiger partial charge in [0.05, 0.1) is 31.9 Å². The van der Waals surface area contributed by atoms with Gasteiger partial charge in [0.2, 0.25) is 29.5 Å². The minimum Gasteiger partial charge on any atom is -0.508 e. The van der Waals surface area contributed by atoms with E-state index in [4.69, 9.17) is 33.4 Å². The van der Waals surface area contributed by atoms with Gasteiger partial charge in [-0.1, -0.05) is 39.8 Å². The van der Waals surface area contributed by atoms with Crippen molar-refractivity contribution in [3.05, 3.63) is 99.2 Å². The number of amides is 6. The minimum absolute atomic E-state index is 0.0323. The zero-order chi connectivity index (χ0) is 68.0. The highest BCUT2D eigenvalue weighted by atomic mass is 33.1. The van der Waals surface area contributed by atoms with Gasteiger partial charge in [0, 0.05) is 110 Å². The molecule has 0 saturated carbocycles. The number of nitrogen functional groups attached to an aromatic ring is 1. The summed E-state index contributed by atoms with van der Waals surface area (Å²) >= 11 is 0. The van der Waals surface area contributed by atoms with Gasteiger partial charge in [-0.2, -0.15) is 4.98 Å². The molecule has 0 bridgehead atoms. The number of carboxylic acids is 1. The van der Waals surface area contributed by atoms with Crippen LogP contribution in [0.4, 0.5) is 5.82 Å². The van der Waals surface area contributed by atoms with E-state index in [1.165, 1.54) is 51.9 Å². The van der Waals surface area contributed by atoms with E-state index in [2.05, 4.69) is 26.3 Å². The van der Waals surface area contributed by atoms with Gasteiger partial charge < -0.3 is 101 Å². The Balaban J connectivity index is 0.671. The van der Waals surface area contributed by atoms with E-state index >= 15 is 0 Å². The van der Waals surface area contributed by atoms with Gasteiger partial charge in [-0.3, -0.25) is 42.7 Å². The fraction of sp³-hybridized carbons (Fsp3) is 0.474. The number of phosphoric acid groups is 1. The number of carbonyl (C=O) groups excluding carboxylic acids is 6. The number of nitrogens with zero attached hydrogens (tertiary/aromatic N) is 4. The third kappa shape index (κ3) is 18.4. The number of benzene rings is 3. The summed E-state index contributed by atoms with van der Waals surface area (Å²) in [6, 6.07) is 15.4. The minimum atomic E-state index is -5.70. The summed E-state index contributed by atoms with van der Waals surface area (Å²) in [6.07, 6.45) is -16.2. The van der Waals surface area contributed by atoms with Gasteiger partial charge in [0.25, 0.3) is 11.7 Å². The number of carbonyl (C=O) groups is 7. The highest BCUT2D eigenvalue weighted by Gasteiger charge is 2.59. The summed E-state index contributed by atoms with van der Waals surface area (Å²) in [6.45, 7) is -2.29. The van der Waals surface area contributed by atoms with Crippen LogP contribution in [0.2, 0.25) is 0 Å². The van der Waals surface area contributed by atoms with Crippen LogP contribution in [0, 0.1) is 0 Å². The standard InChI is InChI=1S/C57H70N9O25PS2/c58-41-12-15-66(56(83)62-41)54-51(79)50(78)40(89-54)27-87-92(84,85)91-57(55(81)82)24-36(70)48(52(90-57)49(77)37(71)26-67)63-44(74)25-61-43(73)7-3-6-42(72)59-13-20-93-94-21-14-60-45(75)28-86-29-46(76)64-16-18-65(19-17-64)53(80)33-5-2-1-4-32(33)47-34-10-8-30(68)22-38(34)88-39-23-31(69)9-11-35(39)47/h1-2,4-5,8-12,15,22-23,36-37,40,48-52,54,67-68,70-71,77-79H,3,6-7,13-14,16-21,24-29H2,(H,59,72)(H,60,75)(H,61,73)(H,63,74)(H,81,82)(H,84,85)(H2,58,62,83)/t36-,37+,40?,48+,49+,50+,51+,52+,54+,57+/m0/s1. The number of rotatable bonds is 30. The average Bonchev–Trinajstić information content (AvgIpc) is 1.34. The lowest BCUT2D eigenvalue weighted by molar-refractivity contribution is -0.289. The van der Waals surface area contributed by atoms with Gasteiger partial charge in [-0.05, 0) is 48.4 Å². The normalized spacial score (nSPS) is 22.6. The van der Waals surface area contributed by atoms with E-state index in [0.29, 0.717) is 50.5 Å². The second kappa shape index (κ2) is 32.7. The molecule has 0 radical (unpaired) electrons. The third-order valence-electron chi connectivity index (χ3n) is 15.1. The monoisotopic (exact) mass is 1380 g/mol. The summed E-state index contributed by atoms with van der Waals surface area (Å²) in [5.41, 5.74) is 6.80. The summed E-state index contributed by atoms with van der Waals surface area (Å²) in [4.78, 5) is 132. The fourth-order valence-electron chi connectivity index (χ4n) is 10.4. The van der Waals surface area contributed by atoms with E-state index in [1.54, 1.807) is 46.2 Å². The topological polar surface area (TPSA) is 511 Å². The summed E-state index contributed by atoms with van der Waals surface area (Å²) in [7, 11) is -2.85. The largest absolute Gasteiger partial charge is 0.508 e. The molecule has 15 N–H and O–H groups in total. The van der Waals surface area contributed by atoms with E-state index < -0.39 is 124 Å². The quantitative estimate of drug-likeness (QED) is 0.00955. The van der Waals surface area contributed by atoms with Gasteiger partial charge in [0.1, 0.15) is 72.7 Å². The number of phenols is 1. The molecule has 0 spiro atoms. The van der Waals surface area contributed by atoms with Crippen LogP contribution in [0.3, 0.4) is 0 Å². The number of phenolic OH excluding ortho intramolecular Hbond substituents is 1. The molecule has 1 aromatic heterocycles. The van der Waals surface area contributed by atoms with Crippen molar-refractivity contribution in [3.8, 4) is 28.2 Å². The van der Waals surface area contributed by atoms with Crippen molar-refractivity contribution in [2.45, 2.75) is 86.5 Å². The van der Waals surface area contributed by atoms with Gasteiger partial charge in [0.15, 0.2) is 11.7 Å². The Hall–Kier alpha value is -7.65. The van der Waals surface area contributed by atoms with Crippen LogP contribution in [0.25, 0.3) is 33.4 Å². The van der Waals surface area contributed by atoms with Crippen molar-refractivity contribution in [2.24, 2.45) is 0 Å². The molecule has 2 aromatic carbocycles. The molecule has 94 heavy (non-hydrogen) atoms. The SMILES string of the molecule is Nc1ccn([C@@H]2OC(COP(=O)(O)O[C@@]3(C(=O)O)C[C@H](O)[C@@H](NC(=O)CNC(=O)CCCC(=O)NCCSSCCNC(=O)COCC(=O)N4CCN(C(=O)c5ccccc5-c5c6ccc(=O)cc-6oc6cc(O)ccc56)CC4)[C@H]([C@H](O)[C@H](O)CO)O3)[C@@H](O)[C@H]2O)c(=O)n1. The van der Waals surface area contributed by atoms with Crippen molar-refractivity contribution < 1.29 is 112 Å². The molecule has 2 unspecified atom stereocenters. The number of aliphatic carboxylic acids is 1. The number of piperazine rings is 1. The van der Waals surface area contributed by atoms with E-state index in [0.717, 1.165) is 10.8 Å². The first kappa shape index (κ1) is 72.2. The second-order valence-electron chi connectivity index (χ2n) is 21.7. The molecule has 3 fully saturated rings. The predicted molar refractivity (Wildman–Crippen MR) is 330 cm³/mol. The summed E-state index contributed by atoms with van der Waals surface area (Å²) in [5.74, 6) is -7.68. The van der Waals surface area contributed by atoms with Crippen LogP contribution in [0.1, 0.15) is 42.3 Å². The smallest absolute Gasteiger partial charge is 0.475 e. The molecule has 8 rings (SSSR count). The number of hydrogen-bond donors (Lipinski definition) is 14.